The lowest BCUT2D eigenvalue weighted by molar-refractivity contribution is 0.0176. The highest BCUT2D eigenvalue weighted by molar-refractivity contribution is 4.85. The summed E-state index contributed by atoms with van der Waals surface area (Å²) in [6.45, 7) is 12.4. The zero-order chi connectivity index (χ0) is 12.2. The highest BCUT2D eigenvalue weighted by atomic mass is 16.3. The highest BCUT2D eigenvalue weighted by Crippen LogP contribution is 2.18. The number of β-amino-alcohol motifs (C(OH)–C–C–N with tert-alkyl or cyclic N) is 1. The third kappa shape index (κ3) is 4.81. The van der Waals surface area contributed by atoms with Gasteiger partial charge in [-0.2, -0.15) is 0 Å². The molecule has 0 aromatic heterocycles. The summed E-state index contributed by atoms with van der Waals surface area (Å²) in [6.07, 6.45) is 2.41. The molecular weight excluding hydrogens is 200 g/mol. The first-order valence-corrected chi connectivity index (χ1v) is 6.60. The van der Waals surface area contributed by atoms with Crippen LogP contribution in [0.1, 0.15) is 40.5 Å². The fraction of sp³-hybridized carbons (Fsp3) is 1.00. The topological polar surface area (TPSA) is 35.5 Å². The second-order valence-corrected chi connectivity index (χ2v) is 5.87. The largest absolute Gasteiger partial charge is 0.389 e. The van der Waals surface area contributed by atoms with E-state index in [0.29, 0.717) is 12.0 Å². The minimum Gasteiger partial charge on any atom is -0.389 e. The maximum Gasteiger partial charge on any atom is 0.0718 e. The van der Waals surface area contributed by atoms with E-state index in [1.54, 1.807) is 0 Å². The molecule has 0 bridgehead atoms. The van der Waals surface area contributed by atoms with Crippen molar-refractivity contribution in [3.63, 3.8) is 0 Å². The molecule has 2 N–H and O–H groups in total. The molecule has 1 heterocycles. The molecule has 0 aromatic carbocycles. The molecule has 0 radical (unpaired) electrons. The Morgan fingerprint density at radius 1 is 1.44 bits per heavy atom. The van der Waals surface area contributed by atoms with E-state index in [-0.39, 0.29) is 0 Å². The number of piperidine rings is 1. The van der Waals surface area contributed by atoms with Crippen LogP contribution in [0.4, 0.5) is 0 Å². The highest BCUT2D eigenvalue weighted by Gasteiger charge is 2.28. The summed E-state index contributed by atoms with van der Waals surface area (Å²) in [6, 6.07) is 0.665. The lowest BCUT2D eigenvalue weighted by atomic mass is 9.93. The van der Waals surface area contributed by atoms with Crippen LogP contribution < -0.4 is 5.32 Å². The number of hydrogen-bond donors (Lipinski definition) is 2. The van der Waals surface area contributed by atoms with Crippen molar-refractivity contribution in [2.45, 2.75) is 52.2 Å². The summed E-state index contributed by atoms with van der Waals surface area (Å²) < 4.78 is 0. The van der Waals surface area contributed by atoms with Gasteiger partial charge in [0.25, 0.3) is 0 Å². The summed E-state index contributed by atoms with van der Waals surface area (Å²) in [5.41, 5.74) is -0.566. The molecule has 0 amide bonds. The molecule has 2 unspecified atom stereocenters. The molecule has 3 nitrogen and oxygen atoms in total. The first-order chi connectivity index (χ1) is 7.42. The Kier molecular flexibility index (Phi) is 5.22. The van der Waals surface area contributed by atoms with Gasteiger partial charge in [0.15, 0.2) is 0 Å². The van der Waals surface area contributed by atoms with E-state index in [1.807, 2.05) is 13.8 Å². The standard InChI is InChI=1S/C13H28N2O/c1-5-7-14-12-6-8-15(9-11(12)2)10-13(3,4)16/h11-12,14,16H,5-10H2,1-4H3. The maximum absolute atomic E-state index is 9.81. The Balaban J connectivity index is 2.33. The van der Waals surface area contributed by atoms with Crippen LogP contribution in [0.15, 0.2) is 0 Å². The smallest absolute Gasteiger partial charge is 0.0718 e. The molecule has 2 atom stereocenters. The fourth-order valence-corrected chi connectivity index (χ4v) is 2.56. The molecule has 0 spiro atoms. The lowest BCUT2D eigenvalue weighted by Crippen LogP contribution is -2.51. The average Bonchev–Trinajstić information content (AvgIpc) is 2.14. The van der Waals surface area contributed by atoms with Crippen molar-refractivity contribution >= 4 is 0 Å². The van der Waals surface area contributed by atoms with E-state index in [4.69, 9.17) is 0 Å². The molecule has 0 aromatic rings. The quantitative estimate of drug-likeness (QED) is 0.748. The summed E-state index contributed by atoms with van der Waals surface area (Å²) in [4.78, 5) is 2.38. The van der Waals surface area contributed by atoms with Gasteiger partial charge >= 0.3 is 0 Å². The van der Waals surface area contributed by atoms with Crippen LogP contribution >= 0.6 is 0 Å². The Bertz CT molecular complexity index is 201. The van der Waals surface area contributed by atoms with E-state index >= 15 is 0 Å². The van der Waals surface area contributed by atoms with Crippen molar-refractivity contribution < 1.29 is 5.11 Å². The van der Waals surface area contributed by atoms with Gasteiger partial charge in [-0.15, -0.1) is 0 Å². The van der Waals surface area contributed by atoms with E-state index in [9.17, 15) is 5.11 Å². The minimum absolute atomic E-state index is 0.566. The molecule has 16 heavy (non-hydrogen) atoms. The zero-order valence-electron chi connectivity index (χ0n) is 11.3. The maximum atomic E-state index is 9.81. The van der Waals surface area contributed by atoms with Gasteiger partial charge < -0.3 is 15.3 Å². The predicted molar refractivity (Wildman–Crippen MR) is 68.6 cm³/mol. The van der Waals surface area contributed by atoms with Gasteiger partial charge in [0.2, 0.25) is 0 Å². The molecule has 1 aliphatic rings. The molecule has 1 aliphatic heterocycles. The SMILES string of the molecule is CCCNC1CCN(CC(C)(C)O)CC1C. The van der Waals surface area contributed by atoms with Gasteiger partial charge in [0, 0.05) is 19.1 Å². The number of nitrogens with zero attached hydrogens (tertiary/aromatic N) is 1. The van der Waals surface area contributed by atoms with Crippen LogP contribution in [-0.4, -0.2) is 47.8 Å². The Labute approximate surface area is 100 Å². The predicted octanol–water partition coefficient (Wildman–Crippen LogP) is 1.47. The second kappa shape index (κ2) is 5.99. The van der Waals surface area contributed by atoms with Gasteiger partial charge in [-0.05, 0) is 45.7 Å². The van der Waals surface area contributed by atoms with Crippen LogP contribution in [0.3, 0.4) is 0 Å². The van der Waals surface area contributed by atoms with Crippen LogP contribution in [0, 0.1) is 5.92 Å². The minimum atomic E-state index is -0.566. The second-order valence-electron chi connectivity index (χ2n) is 5.87. The van der Waals surface area contributed by atoms with Gasteiger partial charge in [0.1, 0.15) is 0 Å². The van der Waals surface area contributed by atoms with Gasteiger partial charge in [-0.3, -0.25) is 0 Å². The van der Waals surface area contributed by atoms with Crippen molar-refractivity contribution in [1.82, 2.24) is 10.2 Å². The lowest BCUT2D eigenvalue weighted by Gasteiger charge is -2.39. The first kappa shape index (κ1) is 13.9. The molecule has 1 rings (SSSR count). The van der Waals surface area contributed by atoms with Crippen molar-refractivity contribution in [2.24, 2.45) is 5.92 Å². The number of aliphatic hydroxyl groups is 1. The summed E-state index contributed by atoms with van der Waals surface area (Å²) in [5, 5.41) is 13.4. The van der Waals surface area contributed by atoms with Crippen LogP contribution in [-0.2, 0) is 0 Å². The number of rotatable bonds is 5. The van der Waals surface area contributed by atoms with Crippen molar-refractivity contribution in [3.05, 3.63) is 0 Å². The normalized spacial score (nSPS) is 28.3. The monoisotopic (exact) mass is 228 g/mol. The van der Waals surface area contributed by atoms with Crippen molar-refractivity contribution in [2.75, 3.05) is 26.2 Å². The molecule has 0 saturated carbocycles. The average molecular weight is 228 g/mol. The molecule has 96 valence electrons. The van der Waals surface area contributed by atoms with Crippen LogP contribution in [0.5, 0.6) is 0 Å². The first-order valence-electron chi connectivity index (χ1n) is 6.60. The molecule has 0 aliphatic carbocycles. The van der Waals surface area contributed by atoms with E-state index < -0.39 is 5.60 Å². The van der Waals surface area contributed by atoms with E-state index in [2.05, 4.69) is 24.1 Å². The van der Waals surface area contributed by atoms with Gasteiger partial charge in [-0.25, -0.2) is 0 Å². The van der Waals surface area contributed by atoms with Crippen molar-refractivity contribution in [1.29, 1.82) is 0 Å². The fourth-order valence-electron chi connectivity index (χ4n) is 2.56. The molecule has 3 heteroatoms. The zero-order valence-corrected chi connectivity index (χ0v) is 11.3. The molecule has 1 saturated heterocycles. The molecular formula is C13H28N2O. The third-order valence-electron chi connectivity index (χ3n) is 3.26. The van der Waals surface area contributed by atoms with Crippen molar-refractivity contribution in [3.8, 4) is 0 Å². The summed E-state index contributed by atoms with van der Waals surface area (Å²) >= 11 is 0. The molecule has 1 fully saturated rings. The number of likely N-dealkylation sites (tertiary alicyclic amines) is 1. The van der Waals surface area contributed by atoms with Gasteiger partial charge in [-0.1, -0.05) is 13.8 Å². The summed E-state index contributed by atoms with van der Waals surface area (Å²) in [7, 11) is 0. The van der Waals surface area contributed by atoms with Gasteiger partial charge in [0.05, 0.1) is 5.60 Å². The van der Waals surface area contributed by atoms with Crippen LogP contribution in [0.2, 0.25) is 0 Å². The Morgan fingerprint density at radius 2 is 2.12 bits per heavy atom. The Morgan fingerprint density at radius 3 is 2.62 bits per heavy atom. The van der Waals surface area contributed by atoms with E-state index in [0.717, 1.165) is 26.2 Å². The number of hydrogen-bond acceptors (Lipinski definition) is 3. The van der Waals surface area contributed by atoms with E-state index in [1.165, 1.54) is 12.8 Å². The third-order valence-corrected chi connectivity index (χ3v) is 3.26. The summed E-state index contributed by atoms with van der Waals surface area (Å²) in [5.74, 6) is 0.683. The number of nitrogens with one attached hydrogen (secondary N) is 1. The van der Waals surface area contributed by atoms with Crippen LogP contribution in [0.25, 0.3) is 0 Å². The Hall–Kier alpha value is -0.120.